The third-order valence-corrected chi connectivity index (χ3v) is 11.1. The van der Waals surface area contributed by atoms with Crippen molar-refractivity contribution in [2.24, 2.45) is 0 Å². The molecule has 18 heteroatoms. The largest absolute Gasteiger partial charge is 0.354 e. The van der Waals surface area contributed by atoms with Crippen LogP contribution in [0.5, 0.6) is 0 Å². The van der Waals surface area contributed by atoms with Gasteiger partial charge in [0.05, 0.1) is 27.2 Å². The van der Waals surface area contributed by atoms with Crippen molar-refractivity contribution in [2.75, 3.05) is 73.8 Å². The first-order valence-electron chi connectivity index (χ1n) is 15.4. The van der Waals surface area contributed by atoms with Gasteiger partial charge >= 0.3 is 0 Å². The van der Waals surface area contributed by atoms with Gasteiger partial charge in [-0.3, -0.25) is 9.97 Å². The molecule has 0 saturated carbocycles. The maximum atomic E-state index is 11.8. The quantitative estimate of drug-likeness (QED) is 0.181. The van der Waals surface area contributed by atoms with Gasteiger partial charge in [0.2, 0.25) is 19.1 Å². The van der Waals surface area contributed by atoms with Crippen molar-refractivity contribution in [3.63, 3.8) is 0 Å². The number of anilines is 2. The Balaban J connectivity index is 0.000000193. The molecular formula is C32H36Cl4N8O4S2. The molecule has 268 valence electrons. The minimum absolute atomic E-state index is 0.0613. The van der Waals surface area contributed by atoms with Crippen LogP contribution in [0.3, 0.4) is 0 Å². The van der Waals surface area contributed by atoms with E-state index in [0.29, 0.717) is 47.6 Å². The highest BCUT2D eigenvalue weighted by Crippen LogP contribution is 2.29. The highest BCUT2D eigenvalue weighted by molar-refractivity contribution is 8.13. The summed E-state index contributed by atoms with van der Waals surface area (Å²) in [7, 11) is -1.98. The lowest BCUT2D eigenvalue weighted by atomic mass is 10.2. The summed E-state index contributed by atoms with van der Waals surface area (Å²) < 4.78 is 44.9. The summed E-state index contributed by atoms with van der Waals surface area (Å²) in [5.41, 5.74) is 2.89. The van der Waals surface area contributed by atoms with Crippen LogP contribution in [-0.2, 0) is 19.1 Å². The van der Waals surface area contributed by atoms with E-state index in [0.717, 1.165) is 54.6 Å². The molecule has 0 aromatic carbocycles. The number of piperazine rings is 2. The number of alkyl halides is 1. The summed E-state index contributed by atoms with van der Waals surface area (Å²) in [4.78, 5) is 22.2. The van der Waals surface area contributed by atoms with Crippen molar-refractivity contribution in [3.05, 3.63) is 95.1 Å². The zero-order valence-electron chi connectivity index (χ0n) is 26.9. The molecule has 4 aromatic rings. The van der Waals surface area contributed by atoms with Crippen LogP contribution in [0.1, 0.15) is 0 Å². The zero-order chi connectivity index (χ0) is 36.1. The molecule has 50 heavy (non-hydrogen) atoms. The molecule has 1 N–H and O–H groups in total. The molecule has 0 unspecified atom stereocenters. The maximum absolute atomic E-state index is 11.8. The van der Waals surface area contributed by atoms with Gasteiger partial charge in [0.1, 0.15) is 23.0 Å². The van der Waals surface area contributed by atoms with Crippen LogP contribution < -0.4 is 15.1 Å². The molecular weight excluding hydrogens is 766 g/mol. The van der Waals surface area contributed by atoms with E-state index in [1.807, 2.05) is 59.5 Å². The average Bonchev–Trinajstić information content (AvgIpc) is 3.13. The first kappa shape index (κ1) is 39.7. The lowest BCUT2D eigenvalue weighted by Gasteiger charge is -2.34. The van der Waals surface area contributed by atoms with E-state index in [2.05, 4.69) is 36.7 Å². The van der Waals surface area contributed by atoms with Crippen LogP contribution in [0.25, 0.3) is 22.8 Å². The van der Waals surface area contributed by atoms with Gasteiger partial charge in [0.25, 0.3) is 0 Å². The van der Waals surface area contributed by atoms with Gasteiger partial charge in [-0.25, -0.2) is 26.8 Å². The summed E-state index contributed by atoms with van der Waals surface area (Å²) in [6, 6.07) is 18.8. The summed E-state index contributed by atoms with van der Waals surface area (Å²) >= 11 is 17.5. The number of hydrogen-bond donors (Lipinski definition) is 1. The van der Waals surface area contributed by atoms with Crippen molar-refractivity contribution in [1.29, 1.82) is 0 Å². The third-order valence-electron chi connectivity index (χ3n) is 7.37. The number of rotatable bonds is 8. The SMILES string of the molecule is C=CS(=O)(=O)N1CCN(c2ccc(Cl)c(-c3ccccn3)n2)CC1.Clc1ccc(N2CCNCC2)nc1-c1ccccn1.O=S(=O)(Cl)CCCl. The van der Waals surface area contributed by atoms with Crippen molar-refractivity contribution >= 4 is 76.2 Å². The monoisotopic (exact) mass is 800 g/mol. The lowest BCUT2D eigenvalue weighted by Crippen LogP contribution is -2.48. The molecule has 0 aliphatic carbocycles. The molecule has 0 amide bonds. The number of nitrogens with one attached hydrogen (secondary N) is 1. The van der Waals surface area contributed by atoms with Crippen molar-refractivity contribution in [3.8, 4) is 22.8 Å². The van der Waals surface area contributed by atoms with Crippen molar-refractivity contribution in [1.82, 2.24) is 29.6 Å². The van der Waals surface area contributed by atoms with E-state index in [4.69, 9.17) is 45.5 Å². The Morgan fingerprint density at radius 3 is 1.58 bits per heavy atom. The molecule has 2 aliphatic rings. The Morgan fingerprint density at radius 1 is 0.720 bits per heavy atom. The molecule has 2 fully saturated rings. The molecule has 6 rings (SSSR count). The summed E-state index contributed by atoms with van der Waals surface area (Å²) in [6.45, 7) is 9.20. The van der Waals surface area contributed by atoms with Crippen LogP contribution in [0, 0.1) is 0 Å². The topological polar surface area (TPSA) is 142 Å². The Hall–Kier alpha value is -3.08. The van der Waals surface area contributed by atoms with Gasteiger partial charge in [-0.2, -0.15) is 4.31 Å². The molecule has 6 heterocycles. The van der Waals surface area contributed by atoms with Gasteiger partial charge in [-0.1, -0.05) is 41.9 Å². The lowest BCUT2D eigenvalue weighted by molar-refractivity contribution is 0.389. The molecule has 12 nitrogen and oxygen atoms in total. The predicted molar refractivity (Wildman–Crippen MR) is 203 cm³/mol. The molecule has 2 saturated heterocycles. The van der Waals surface area contributed by atoms with Gasteiger partial charge < -0.3 is 15.1 Å². The maximum Gasteiger partial charge on any atom is 0.235 e. The first-order chi connectivity index (χ1) is 23.9. The standard InChI is InChI=1S/C16H17ClN4O2S.C14H15ClN4.C2H4Cl2O2S/c1-2-24(22,23)21-11-9-20(10-12-21)15-7-6-13(17)16(19-15)14-5-3-4-8-18-14;15-11-4-5-13(19-9-7-16-8-10-19)18-14(11)12-3-1-2-6-17-12;3-1-2-7(4,5)6/h2-8H,1,9-12H2;1-6,16H,7-10H2;1-2H2. The molecule has 0 spiro atoms. The van der Waals surface area contributed by atoms with E-state index in [1.54, 1.807) is 18.5 Å². The average molecular weight is 803 g/mol. The van der Waals surface area contributed by atoms with E-state index >= 15 is 0 Å². The highest BCUT2D eigenvalue weighted by atomic mass is 35.7. The van der Waals surface area contributed by atoms with Crippen LogP contribution in [0.15, 0.2) is 85.0 Å². The second kappa shape index (κ2) is 19.0. The third kappa shape index (κ3) is 11.7. The second-order valence-corrected chi connectivity index (χ2v) is 16.7. The normalized spacial score (nSPS) is 15.3. The smallest absolute Gasteiger partial charge is 0.235 e. The fourth-order valence-electron chi connectivity index (χ4n) is 4.84. The fraction of sp³-hybridized carbons (Fsp3) is 0.312. The summed E-state index contributed by atoms with van der Waals surface area (Å²) in [6.07, 6.45) is 3.45. The number of pyridine rings is 4. The number of sulfonamides is 1. The van der Waals surface area contributed by atoms with Crippen LogP contribution in [0.4, 0.5) is 11.6 Å². The Labute approximate surface area is 312 Å². The Bertz CT molecular complexity index is 1920. The van der Waals surface area contributed by atoms with Crippen LogP contribution in [0.2, 0.25) is 10.0 Å². The van der Waals surface area contributed by atoms with Crippen LogP contribution >= 0.6 is 45.5 Å². The zero-order valence-corrected chi connectivity index (χ0v) is 31.5. The number of hydrogen-bond acceptors (Lipinski definition) is 11. The summed E-state index contributed by atoms with van der Waals surface area (Å²) in [5, 5.41) is 5.49. The van der Waals surface area contributed by atoms with E-state index in [-0.39, 0.29) is 11.6 Å². The molecule has 0 atom stereocenters. The van der Waals surface area contributed by atoms with Crippen molar-refractivity contribution in [2.45, 2.75) is 0 Å². The van der Waals surface area contributed by atoms with Gasteiger partial charge in [-0.15, -0.1) is 11.6 Å². The molecule has 4 aromatic heterocycles. The number of halogens is 4. The Morgan fingerprint density at radius 2 is 1.20 bits per heavy atom. The summed E-state index contributed by atoms with van der Waals surface area (Å²) in [5.74, 6) is 1.63. The van der Waals surface area contributed by atoms with E-state index < -0.39 is 19.1 Å². The number of nitrogens with zero attached hydrogens (tertiary/aromatic N) is 7. The molecule has 0 radical (unpaired) electrons. The molecule has 2 aliphatic heterocycles. The molecule has 0 bridgehead atoms. The van der Waals surface area contributed by atoms with E-state index in [9.17, 15) is 16.8 Å². The highest BCUT2D eigenvalue weighted by Gasteiger charge is 2.25. The van der Waals surface area contributed by atoms with Crippen molar-refractivity contribution < 1.29 is 16.8 Å². The Kier molecular flexibility index (Phi) is 15.0. The minimum Gasteiger partial charge on any atom is -0.354 e. The fourth-order valence-corrected chi connectivity index (χ4v) is 7.39. The minimum atomic E-state index is -3.37. The number of aromatic nitrogens is 4. The van der Waals surface area contributed by atoms with Gasteiger partial charge in [0, 0.05) is 86.7 Å². The van der Waals surface area contributed by atoms with E-state index in [1.165, 1.54) is 4.31 Å². The van der Waals surface area contributed by atoms with Crippen LogP contribution in [-0.4, -0.2) is 105 Å². The van der Waals surface area contributed by atoms with Gasteiger partial charge in [-0.05, 0) is 48.5 Å². The van der Waals surface area contributed by atoms with Gasteiger partial charge in [0.15, 0.2) is 0 Å². The predicted octanol–water partition coefficient (Wildman–Crippen LogP) is 5.39. The second-order valence-electron chi connectivity index (χ2n) is 10.7. The first-order valence-corrected chi connectivity index (χ1v) is 20.7.